The van der Waals surface area contributed by atoms with Gasteiger partial charge in [-0.25, -0.2) is 0 Å². The summed E-state index contributed by atoms with van der Waals surface area (Å²) in [5.74, 6) is -0.150. The second-order valence-corrected chi connectivity index (χ2v) is 2.96. The molecule has 0 aromatic rings. The van der Waals surface area contributed by atoms with E-state index < -0.39 is 10.8 Å². The maximum atomic E-state index is 10.5. The zero-order valence-corrected chi connectivity index (χ0v) is 6.99. The quantitative estimate of drug-likeness (QED) is 0.620. The standard InChI is InChI=1S/C6H7Cl2NO/c1-4(10)6(8)2-5(7)3-9/h5-6H,2H2,1H3. The topological polar surface area (TPSA) is 40.9 Å². The maximum Gasteiger partial charge on any atom is 0.147 e. The summed E-state index contributed by atoms with van der Waals surface area (Å²) in [7, 11) is 0. The highest BCUT2D eigenvalue weighted by Crippen LogP contribution is 2.10. The van der Waals surface area contributed by atoms with Gasteiger partial charge in [-0.3, -0.25) is 4.79 Å². The molecule has 0 aliphatic heterocycles. The molecule has 0 aromatic carbocycles. The van der Waals surface area contributed by atoms with Crippen LogP contribution < -0.4 is 0 Å². The van der Waals surface area contributed by atoms with Crippen molar-refractivity contribution in [1.82, 2.24) is 0 Å². The number of ketones is 1. The summed E-state index contributed by atoms with van der Waals surface area (Å²) in [5.41, 5.74) is 0. The molecule has 0 amide bonds. The Bertz CT molecular complexity index is 164. The predicted molar refractivity (Wildman–Crippen MR) is 40.2 cm³/mol. The van der Waals surface area contributed by atoms with E-state index >= 15 is 0 Å². The number of alkyl halides is 2. The Morgan fingerprint density at radius 3 is 2.50 bits per heavy atom. The van der Waals surface area contributed by atoms with Crippen molar-refractivity contribution in [2.75, 3.05) is 0 Å². The summed E-state index contributed by atoms with van der Waals surface area (Å²) < 4.78 is 0. The average Bonchev–Trinajstić information content (AvgIpc) is 1.87. The van der Waals surface area contributed by atoms with E-state index in [0.29, 0.717) is 0 Å². The van der Waals surface area contributed by atoms with Gasteiger partial charge in [0.25, 0.3) is 0 Å². The Hall–Kier alpha value is -0.260. The van der Waals surface area contributed by atoms with Crippen LogP contribution in [0.1, 0.15) is 13.3 Å². The molecule has 0 radical (unpaired) electrons. The van der Waals surface area contributed by atoms with Gasteiger partial charge in [0.1, 0.15) is 11.2 Å². The number of carbonyl (C=O) groups excluding carboxylic acids is 1. The van der Waals surface area contributed by atoms with Gasteiger partial charge in [-0.15, -0.1) is 23.2 Å². The highest BCUT2D eigenvalue weighted by atomic mass is 35.5. The molecule has 0 saturated heterocycles. The molecule has 4 heteroatoms. The summed E-state index contributed by atoms with van der Waals surface area (Å²) in [6.07, 6.45) is 0.217. The van der Waals surface area contributed by atoms with Crippen LogP contribution in [0.2, 0.25) is 0 Å². The van der Waals surface area contributed by atoms with Crippen LogP contribution in [0.15, 0.2) is 0 Å². The van der Waals surface area contributed by atoms with Gasteiger partial charge in [0.2, 0.25) is 0 Å². The normalized spacial score (nSPS) is 15.4. The predicted octanol–water partition coefficient (Wildman–Crippen LogP) is 1.70. The summed E-state index contributed by atoms with van der Waals surface area (Å²) >= 11 is 10.9. The van der Waals surface area contributed by atoms with Crippen molar-refractivity contribution >= 4 is 29.0 Å². The third kappa shape index (κ3) is 3.71. The Labute approximate surface area is 69.7 Å². The smallest absolute Gasteiger partial charge is 0.147 e. The molecular weight excluding hydrogens is 173 g/mol. The molecule has 10 heavy (non-hydrogen) atoms. The van der Waals surface area contributed by atoms with Crippen molar-refractivity contribution in [3.63, 3.8) is 0 Å². The summed E-state index contributed by atoms with van der Waals surface area (Å²) in [4.78, 5) is 10.5. The van der Waals surface area contributed by atoms with E-state index in [-0.39, 0.29) is 12.2 Å². The number of Topliss-reactive ketones (excluding diaryl/α,β-unsaturated/α-hetero) is 1. The lowest BCUT2D eigenvalue weighted by Crippen LogP contribution is -2.14. The van der Waals surface area contributed by atoms with Crippen LogP contribution in [0.25, 0.3) is 0 Å². The van der Waals surface area contributed by atoms with Gasteiger partial charge in [-0.2, -0.15) is 5.26 Å². The first-order chi connectivity index (χ1) is 4.57. The van der Waals surface area contributed by atoms with Crippen molar-refractivity contribution in [3.8, 4) is 6.07 Å². The molecule has 0 rings (SSSR count). The zero-order valence-electron chi connectivity index (χ0n) is 5.47. The molecule has 0 saturated carbocycles. The second-order valence-electron chi connectivity index (χ2n) is 1.91. The van der Waals surface area contributed by atoms with E-state index in [1.54, 1.807) is 6.07 Å². The van der Waals surface area contributed by atoms with E-state index in [1.807, 2.05) is 0 Å². The SMILES string of the molecule is CC(=O)C(Cl)CC(Cl)C#N. The highest BCUT2D eigenvalue weighted by Gasteiger charge is 2.14. The highest BCUT2D eigenvalue weighted by molar-refractivity contribution is 6.31. The first-order valence-electron chi connectivity index (χ1n) is 2.76. The van der Waals surface area contributed by atoms with Crippen LogP contribution in [0.5, 0.6) is 0 Å². The Morgan fingerprint density at radius 1 is 1.70 bits per heavy atom. The molecule has 0 fully saturated rings. The van der Waals surface area contributed by atoms with Crippen LogP contribution in [-0.2, 0) is 4.79 Å². The van der Waals surface area contributed by atoms with Crippen molar-refractivity contribution in [1.29, 1.82) is 5.26 Å². The van der Waals surface area contributed by atoms with Crippen LogP contribution in [0.4, 0.5) is 0 Å². The molecule has 56 valence electrons. The largest absolute Gasteiger partial charge is 0.298 e. The fourth-order valence-corrected chi connectivity index (χ4v) is 0.848. The van der Waals surface area contributed by atoms with Gasteiger partial charge in [0, 0.05) is 6.42 Å². The van der Waals surface area contributed by atoms with Crippen molar-refractivity contribution in [2.45, 2.75) is 24.1 Å². The Balaban J connectivity index is 3.70. The minimum atomic E-state index is -0.661. The Kier molecular flexibility index (Phi) is 4.42. The first-order valence-corrected chi connectivity index (χ1v) is 3.63. The fourth-order valence-electron chi connectivity index (χ4n) is 0.400. The van der Waals surface area contributed by atoms with Crippen LogP contribution in [0, 0.1) is 11.3 Å². The fraction of sp³-hybridized carbons (Fsp3) is 0.667. The van der Waals surface area contributed by atoms with Gasteiger partial charge in [0.05, 0.1) is 11.4 Å². The van der Waals surface area contributed by atoms with Gasteiger partial charge >= 0.3 is 0 Å². The number of hydrogen-bond acceptors (Lipinski definition) is 2. The average molecular weight is 180 g/mol. The molecule has 0 spiro atoms. The minimum absolute atomic E-state index is 0.150. The van der Waals surface area contributed by atoms with E-state index in [4.69, 9.17) is 28.5 Å². The number of hydrogen-bond donors (Lipinski definition) is 0. The van der Waals surface area contributed by atoms with Crippen LogP contribution in [-0.4, -0.2) is 16.5 Å². The third-order valence-electron chi connectivity index (χ3n) is 0.995. The van der Waals surface area contributed by atoms with Gasteiger partial charge in [-0.1, -0.05) is 0 Å². The minimum Gasteiger partial charge on any atom is -0.298 e. The van der Waals surface area contributed by atoms with E-state index in [9.17, 15) is 4.79 Å². The van der Waals surface area contributed by atoms with Crippen LogP contribution in [0.3, 0.4) is 0 Å². The molecule has 0 aliphatic rings. The lowest BCUT2D eigenvalue weighted by atomic mass is 10.2. The van der Waals surface area contributed by atoms with E-state index in [2.05, 4.69) is 0 Å². The third-order valence-corrected chi connectivity index (χ3v) is 1.76. The monoisotopic (exact) mass is 179 g/mol. The molecule has 0 aliphatic carbocycles. The van der Waals surface area contributed by atoms with E-state index in [0.717, 1.165) is 0 Å². The molecule has 0 N–H and O–H groups in total. The molecule has 0 aromatic heterocycles. The molecule has 2 atom stereocenters. The molecule has 0 heterocycles. The van der Waals surface area contributed by atoms with Crippen molar-refractivity contribution in [2.24, 2.45) is 0 Å². The van der Waals surface area contributed by atoms with Gasteiger partial charge < -0.3 is 0 Å². The lowest BCUT2D eigenvalue weighted by molar-refractivity contribution is -0.116. The second kappa shape index (κ2) is 4.54. The Morgan fingerprint density at radius 2 is 2.20 bits per heavy atom. The summed E-state index contributed by atoms with van der Waals surface area (Å²) in [5, 5.41) is 6.93. The molecule has 0 bridgehead atoms. The lowest BCUT2D eigenvalue weighted by Gasteiger charge is -2.03. The first kappa shape index (κ1) is 9.74. The number of rotatable bonds is 3. The number of nitrogens with zero attached hydrogens (tertiary/aromatic N) is 1. The number of nitriles is 1. The van der Waals surface area contributed by atoms with Gasteiger partial charge in [0.15, 0.2) is 0 Å². The van der Waals surface area contributed by atoms with Crippen molar-refractivity contribution < 1.29 is 4.79 Å². The molecular formula is C6H7Cl2NO. The number of halogens is 2. The maximum absolute atomic E-state index is 10.5. The number of carbonyl (C=O) groups is 1. The zero-order chi connectivity index (χ0) is 8.15. The molecule has 2 unspecified atom stereocenters. The summed E-state index contributed by atoms with van der Waals surface area (Å²) in [6, 6.07) is 1.78. The molecule has 2 nitrogen and oxygen atoms in total. The van der Waals surface area contributed by atoms with Crippen LogP contribution >= 0.6 is 23.2 Å². The van der Waals surface area contributed by atoms with Crippen molar-refractivity contribution in [3.05, 3.63) is 0 Å². The summed E-state index contributed by atoms with van der Waals surface area (Å²) in [6.45, 7) is 1.37. The van der Waals surface area contributed by atoms with E-state index in [1.165, 1.54) is 6.92 Å². The van der Waals surface area contributed by atoms with Gasteiger partial charge in [-0.05, 0) is 6.92 Å².